The van der Waals surface area contributed by atoms with Crippen molar-refractivity contribution in [1.29, 1.82) is 0 Å². The van der Waals surface area contributed by atoms with Crippen LogP contribution in [0.3, 0.4) is 0 Å². The van der Waals surface area contributed by atoms with Gasteiger partial charge < -0.3 is 14.5 Å². The molecule has 0 radical (unpaired) electrons. The summed E-state index contributed by atoms with van der Waals surface area (Å²) in [6.45, 7) is 2.04. The van der Waals surface area contributed by atoms with Gasteiger partial charge in [-0.2, -0.15) is 0 Å². The Morgan fingerprint density at radius 1 is 1.18 bits per heavy atom. The molecule has 22 heavy (non-hydrogen) atoms. The second kappa shape index (κ2) is 5.55. The number of nitrogens with zero attached hydrogens (tertiary/aromatic N) is 1. The third-order valence-corrected chi connectivity index (χ3v) is 3.62. The van der Waals surface area contributed by atoms with Gasteiger partial charge in [0.2, 0.25) is 0 Å². The molecule has 1 aliphatic heterocycles. The fraction of sp³-hybridized carbons (Fsp3) is 0.250. The van der Waals surface area contributed by atoms with Crippen LogP contribution in [0.2, 0.25) is 0 Å². The highest BCUT2D eigenvalue weighted by atomic mass is 16.5. The maximum atomic E-state index is 12.5. The highest BCUT2D eigenvalue weighted by Gasteiger charge is 2.50. The number of hydrogen-bond acceptors (Lipinski definition) is 4. The summed E-state index contributed by atoms with van der Waals surface area (Å²) in [5.41, 5.74) is -1.16. The lowest BCUT2D eigenvalue weighted by molar-refractivity contribution is -0.131. The number of hydrogen-bond donors (Lipinski definition) is 1. The molecule has 3 amide bonds. The van der Waals surface area contributed by atoms with Crippen molar-refractivity contribution in [2.45, 2.75) is 12.5 Å². The number of carbonyl (C=O) groups excluding carboxylic acids is 2. The summed E-state index contributed by atoms with van der Waals surface area (Å²) in [6.07, 6.45) is 1.47. The van der Waals surface area contributed by atoms with Crippen LogP contribution in [0.1, 0.15) is 12.7 Å². The second-order valence-corrected chi connectivity index (χ2v) is 5.15. The monoisotopic (exact) mass is 300 g/mol. The van der Waals surface area contributed by atoms with E-state index in [1.165, 1.54) is 6.26 Å². The molecule has 114 valence electrons. The van der Waals surface area contributed by atoms with E-state index < -0.39 is 11.6 Å². The van der Waals surface area contributed by atoms with E-state index in [0.717, 1.165) is 4.90 Å². The van der Waals surface area contributed by atoms with Crippen LogP contribution in [0.15, 0.2) is 53.1 Å². The number of urea groups is 1. The minimum absolute atomic E-state index is 0.176. The average molecular weight is 300 g/mol. The number of nitrogens with one attached hydrogen (secondary N) is 1. The van der Waals surface area contributed by atoms with Gasteiger partial charge in [0, 0.05) is 0 Å². The van der Waals surface area contributed by atoms with Crippen LogP contribution in [0, 0.1) is 0 Å². The number of rotatable bonds is 5. The summed E-state index contributed by atoms with van der Waals surface area (Å²) in [5, 5.41) is 2.67. The number of carbonyl (C=O) groups is 2. The molecule has 1 aliphatic rings. The first-order valence-electron chi connectivity index (χ1n) is 6.97. The first kappa shape index (κ1) is 14.2. The maximum Gasteiger partial charge on any atom is 0.325 e. The molecule has 2 heterocycles. The molecule has 1 aromatic heterocycles. The normalized spacial score (nSPS) is 21.0. The molecule has 6 heteroatoms. The van der Waals surface area contributed by atoms with Crippen LogP contribution < -0.4 is 10.1 Å². The van der Waals surface area contributed by atoms with E-state index in [1.807, 2.05) is 30.3 Å². The Bertz CT molecular complexity index is 669. The van der Waals surface area contributed by atoms with Crippen LogP contribution >= 0.6 is 0 Å². The molecule has 1 N–H and O–H groups in total. The van der Waals surface area contributed by atoms with Gasteiger partial charge in [0.1, 0.15) is 18.1 Å². The van der Waals surface area contributed by atoms with Gasteiger partial charge >= 0.3 is 6.03 Å². The fourth-order valence-electron chi connectivity index (χ4n) is 2.40. The quantitative estimate of drug-likeness (QED) is 0.859. The zero-order valence-electron chi connectivity index (χ0n) is 12.1. The lowest BCUT2D eigenvalue weighted by Gasteiger charge is -2.19. The van der Waals surface area contributed by atoms with Gasteiger partial charge in [0.15, 0.2) is 5.54 Å². The minimum Gasteiger partial charge on any atom is -0.492 e. The smallest absolute Gasteiger partial charge is 0.325 e. The molecule has 0 spiro atoms. The number of benzene rings is 1. The molecule has 6 nitrogen and oxygen atoms in total. The molecule has 1 saturated heterocycles. The van der Waals surface area contributed by atoms with Crippen molar-refractivity contribution in [1.82, 2.24) is 10.2 Å². The van der Waals surface area contributed by atoms with E-state index in [-0.39, 0.29) is 19.1 Å². The number of ether oxygens (including phenoxy) is 1. The number of furan rings is 1. The van der Waals surface area contributed by atoms with Crippen molar-refractivity contribution in [2.75, 3.05) is 13.2 Å². The molecule has 0 bridgehead atoms. The molecule has 3 rings (SSSR count). The summed E-state index contributed by atoms with van der Waals surface area (Å²) < 4.78 is 10.8. The highest BCUT2D eigenvalue weighted by molar-refractivity contribution is 6.06. The molecule has 1 atom stereocenters. The van der Waals surface area contributed by atoms with E-state index in [2.05, 4.69) is 5.32 Å². The van der Waals surface area contributed by atoms with Gasteiger partial charge in [0.05, 0.1) is 12.8 Å². The Kier molecular flexibility index (Phi) is 3.58. The molecule has 0 saturated carbocycles. The van der Waals surface area contributed by atoms with Crippen LogP contribution in [-0.4, -0.2) is 30.0 Å². The third-order valence-electron chi connectivity index (χ3n) is 3.62. The van der Waals surface area contributed by atoms with Crippen molar-refractivity contribution in [3.63, 3.8) is 0 Å². The Morgan fingerprint density at radius 2 is 1.95 bits per heavy atom. The summed E-state index contributed by atoms with van der Waals surface area (Å²) in [5.74, 6) is 0.768. The van der Waals surface area contributed by atoms with Crippen LogP contribution in [0.4, 0.5) is 4.79 Å². The average Bonchev–Trinajstić information content (AvgIpc) is 3.12. The lowest BCUT2D eigenvalue weighted by Crippen LogP contribution is -2.41. The molecule has 1 aromatic carbocycles. The largest absolute Gasteiger partial charge is 0.492 e. The van der Waals surface area contributed by atoms with Crippen molar-refractivity contribution < 1.29 is 18.7 Å². The Morgan fingerprint density at radius 3 is 2.64 bits per heavy atom. The van der Waals surface area contributed by atoms with Crippen LogP contribution in [0.25, 0.3) is 0 Å². The first-order valence-corrected chi connectivity index (χ1v) is 6.97. The SMILES string of the molecule is CC1(c2ccco2)NC(=O)N(CCOc2ccccc2)C1=O. The Balaban J connectivity index is 1.65. The van der Waals surface area contributed by atoms with Gasteiger partial charge in [0.25, 0.3) is 5.91 Å². The fourth-order valence-corrected chi connectivity index (χ4v) is 2.40. The number of amides is 3. The predicted octanol–water partition coefficient (Wildman–Crippen LogP) is 2.13. The summed E-state index contributed by atoms with van der Waals surface area (Å²) in [6, 6.07) is 12.1. The van der Waals surface area contributed by atoms with Crippen LogP contribution in [-0.2, 0) is 10.3 Å². The minimum atomic E-state index is -1.16. The van der Waals surface area contributed by atoms with Crippen molar-refractivity contribution >= 4 is 11.9 Å². The van der Waals surface area contributed by atoms with E-state index in [4.69, 9.17) is 9.15 Å². The van der Waals surface area contributed by atoms with Crippen molar-refractivity contribution in [2.24, 2.45) is 0 Å². The van der Waals surface area contributed by atoms with Crippen molar-refractivity contribution in [3.8, 4) is 5.75 Å². The zero-order valence-corrected chi connectivity index (χ0v) is 12.1. The van der Waals surface area contributed by atoms with Gasteiger partial charge in [-0.1, -0.05) is 18.2 Å². The Hall–Kier alpha value is -2.76. The number of para-hydroxylation sites is 1. The van der Waals surface area contributed by atoms with Gasteiger partial charge in [-0.05, 0) is 31.2 Å². The third kappa shape index (κ3) is 2.43. The molecule has 1 fully saturated rings. The Labute approximate surface area is 127 Å². The van der Waals surface area contributed by atoms with E-state index >= 15 is 0 Å². The molecular formula is C16H16N2O4. The summed E-state index contributed by atoms with van der Waals surface area (Å²) in [4.78, 5) is 25.7. The maximum absolute atomic E-state index is 12.5. The molecular weight excluding hydrogens is 284 g/mol. The molecule has 2 aromatic rings. The van der Waals surface area contributed by atoms with E-state index in [9.17, 15) is 9.59 Å². The highest BCUT2D eigenvalue weighted by Crippen LogP contribution is 2.28. The summed E-state index contributed by atoms with van der Waals surface area (Å²) in [7, 11) is 0. The zero-order chi connectivity index (χ0) is 15.6. The predicted molar refractivity (Wildman–Crippen MR) is 78.2 cm³/mol. The lowest BCUT2D eigenvalue weighted by atomic mass is 9.99. The van der Waals surface area contributed by atoms with Gasteiger partial charge in [-0.3, -0.25) is 9.69 Å². The standard InChI is InChI=1S/C16H16N2O4/c1-16(13-8-5-10-22-13)14(19)18(15(20)17-16)9-11-21-12-6-3-2-4-7-12/h2-8,10H,9,11H2,1H3,(H,17,20). The molecule has 0 aliphatic carbocycles. The second-order valence-electron chi connectivity index (χ2n) is 5.15. The summed E-state index contributed by atoms with van der Waals surface area (Å²) >= 11 is 0. The van der Waals surface area contributed by atoms with E-state index in [1.54, 1.807) is 19.1 Å². The molecule has 1 unspecified atom stereocenters. The number of imide groups is 1. The topological polar surface area (TPSA) is 71.8 Å². The van der Waals surface area contributed by atoms with Gasteiger partial charge in [-0.15, -0.1) is 0 Å². The van der Waals surface area contributed by atoms with Crippen molar-refractivity contribution in [3.05, 3.63) is 54.5 Å². The first-order chi connectivity index (χ1) is 10.6. The van der Waals surface area contributed by atoms with Crippen LogP contribution in [0.5, 0.6) is 5.75 Å². The van der Waals surface area contributed by atoms with Gasteiger partial charge in [-0.25, -0.2) is 4.79 Å². The van der Waals surface area contributed by atoms with E-state index in [0.29, 0.717) is 11.5 Å².